The number of aromatic nitrogens is 2. The molecule has 0 aliphatic heterocycles. The Kier molecular flexibility index (Phi) is 4.14. The van der Waals surface area contributed by atoms with E-state index >= 15 is 0 Å². The SMILES string of the molecule is CCOc1cc(-c2nc3ccccc3[nH]2)ccc1OCC(N)=O. The Morgan fingerprint density at radius 2 is 2.00 bits per heavy atom. The first kappa shape index (κ1) is 14.9. The summed E-state index contributed by atoms with van der Waals surface area (Å²) < 4.78 is 11.0. The number of fused-ring (bicyclic) bond motifs is 1. The van der Waals surface area contributed by atoms with E-state index in [4.69, 9.17) is 15.2 Å². The van der Waals surface area contributed by atoms with Gasteiger partial charge in [0.15, 0.2) is 18.1 Å². The van der Waals surface area contributed by atoms with Crippen LogP contribution in [0, 0.1) is 0 Å². The fourth-order valence-corrected chi connectivity index (χ4v) is 2.28. The van der Waals surface area contributed by atoms with Gasteiger partial charge in [0.05, 0.1) is 17.6 Å². The van der Waals surface area contributed by atoms with Crippen LogP contribution in [0.5, 0.6) is 11.5 Å². The Labute approximate surface area is 133 Å². The van der Waals surface area contributed by atoms with Crippen molar-refractivity contribution in [1.82, 2.24) is 9.97 Å². The molecule has 3 aromatic rings. The van der Waals surface area contributed by atoms with Crippen molar-refractivity contribution in [3.8, 4) is 22.9 Å². The molecule has 6 heteroatoms. The third-order valence-electron chi connectivity index (χ3n) is 3.28. The van der Waals surface area contributed by atoms with Crippen LogP contribution < -0.4 is 15.2 Å². The lowest BCUT2D eigenvalue weighted by molar-refractivity contribution is -0.119. The number of nitrogens with one attached hydrogen (secondary N) is 1. The van der Waals surface area contributed by atoms with Crippen LogP contribution in [-0.2, 0) is 4.79 Å². The summed E-state index contributed by atoms with van der Waals surface area (Å²) in [5.41, 5.74) is 7.84. The fourth-order valence-electron chi connectivity index (χ4n) is 2.28. The number of benzene rings is 2. The predicted molar refractivity (Wildman–Crippen MR) is 87.4 cm³/mol. The third-order valence-corrected chi connectivity index (χ3v) is 3.28. The number of carbonyl (C=O) groups is 1. The first-order valence-electron chi connectivity index (χ1n) is 7.30. The van der Waals surface area contributed by atoms with Gasteiger partial charge in [-0.15, -0.1) is 0 Å². The molecule has 1 aromatic heterocycles. The molecule has 0 aliphatic rings. The Balaban J connectivity index is 1.96. The van der Waals surface area contributed by atoms with Gasteiger partial charge in [0.2, 0.25) is 0 Å². The number of para-hydroxylation sites is 2. The average Bonchev–Trinajstić information content (AvgIpc) is 2.98. The summed E-state index contributed by atoms with van der Waals surface area (Å²) in [6, 6.07) is 13.3. The summed E-state index contributed by atoms with van der Waals surface area (Å²) in [6.45, 7) is 2.17. The minimum atomic E-state index is -0.534. The Morgan fingerprint density at radius 1 is 1.17 bits per heavy atom. The highest BCUT2D eigenvalue weighted by Gasteiger charge is 2.11. The van der Waals surface area contributed by atoms with Crippen molar-refractivity contribution in [1.29, 1.82) is 0 Å². The Hall–Kier alpha value is -3.02. The van der Waals surface area contributed by atoms with Gasteiger partial charge in [-0.1, -0.05) is 12.1 Å². The van der Waals surface area contributed by atoms with Gasteiger partial charge in [-0.2, -0.15) is 0 Å². The molecule has 118 valence electrons. The monoisotopic (exact) mass is 311 g/mol. The zero-order valence-electron chi connectivity index (χ0n) is 12.7. The molecule has 0 atom stereocenters. The van der Waals surface area contributed by atoms with Crippen LogP contribution in [-0.4, -0.2) is 29.1 Å². The van der Waals surface area contributed by atoms with Crippen LogP contribution in [0.2, 0.25) is 0 Å². The van der Waals surface area contributed by atoms with Gasteiger partial charge in [0.25, 0.3) is 5.91 Å². The molecular weight excluding hydrogens is 294 g/mol. The van der Waals surface area contributed by atoms with E-state index in [1.165, 1.54) is 0 Å². The standard InChI is InChI=1S/C17H17N3O3/c1-2-22-15-9-11(7-8-14(15)23-10-16(18)21)17-19-12-5-3-4-6-13(12)20-17/h3-9H,2,10H2,1H3,(H2,18,21)(H,19,20). The van der Waals surface area contributed by atoms with Crippen LogP contribution in [0.1, 0.15) is 6.92 Å². The van der Waals surface area contributed by atoms with E-state index in [-0.39, 0.29) is 6.61 Å². The minimum absolute atomic E-state index is 0.190. The van der Waals surface area contributed by atoms with Crippen LogP contribution in [0.4, 0.5) is 0 Å². The number of H-pyrrole nitrogens is 1. The molecule has 6 nitrogen and oxygen atoms in total. The maximum Gasteiger partial charge on any atom is 0.255 e. The molecule has 0 fully saturated rings. The summed E-state index contributed by atoms with van der Waals surface area (Å²) in [7, 11) is 0. The zero-order chi connectivity index (χ0) is 16.2. The molecule has 0 saturated carbocycles. The van der Waals surface area contributed by atoms with Gasteiger partial charge in [0, 0.05) is 5.56 Å². The van der Waals surface area contributed by atoms with E-state index < -0.39 is 5.91 Å². The minimum Gasteiger partial charge on any atom is -0.490 e. The number of nitrogens with zero attached hydrogens (tertiary/aromatic N) is 1. The van der Waals surface area contributed by atoms with Crippen molar-refractivity contribution in [3.05, 3.63) is 42.5 Å². The van der Waals surface area contributed by atoms with Gasteiger partial charge < -0.3 is 20.2 Å². The largest absolute Gasteiger partial charge is 0.490 e. The molecule has 3 rings (SSSR count). The summed E-state index contributed by atoms with van der Waals surface area (Å²) >= 11 is 0. The summed E-state index contributed by atoms with van der Waals surface area (Å²) in [5.74, 6) is 1.24. The summed E-state index contributed by atoms with van der Waals surface area (Å²) in [4.78, 5) is 18.7. The molecule has 1 amide bonds. The molecule has 2 aromatic carbocycles. The topological polar surface area (TPSA) is 90.2 Å². The first-order chi connectivity index (χ1) is 11.2. The second-order valence-corrected chi connectivity index (χ2v) is 4.95. The Bertz CT molecular complexity index is 809. The van der Waals surface area contributed by atoms with Crippen LogP contribution in [0.25, 0.3) is 22.4 Å². The molecule has 0 spiro atoms. The zero-order valence-corrected chi connectivity index (χ0v) is 12.7. The average molecular weight is 311 g/mol. The first-order valence-corrected chi connectivity index (χ1v) is 7.30. The molecule has 0 bridgehead atoms. The number of carbonyl (C=O) groups excluding carboxylic acids is 1. The van der Waals surface area contributed by atoms with Crippen LogP contribution in [0.15, 0.2) is 42.5 Å². The number of amides is 1. The number of hydrogen-bond acceptors (Lipinski definition) is 4. The molecule has 23 heavy (non-hydrogen) atoms. The van der Waals surface area contributed by atoms with Crippen molar-refractivity contribution in [2.45, 2.75) is 6.92 Å². The lowest BCUT2D eigenvalue weighted by atomic mass is 10.2. The molecule has 3 N–H and O–H groups in total. The summed E-state index contributed by atoms with van der Waals surface area (Å²) in [6.07, 6.45) is 0. The van der Waals surface area contributed by atoms with Crippen molar-refractivity contribution in [2.75, 3.05) is 13.2 Å². The van der Waals surface area contributed by atoms with Crippen molar-refractivity contribution < 1.29 is 14.3 Å². The van der Waals surface area contributed by atoms with Gasteiger partial charge in [-0.3, -0.25) is 4.79 Å². The highest BCUT2D eigenvalue weighted by atomic mass is 16.5. The quantitative estimate of drug-likeness (QED) is 0.732. The second kappa shape index (κ2) is 6.39. The number of ether oxygens (including phenoxy) is 2. The normalized spacial score (nSPS) is 10.7. The molecule has 0 saturated heterocycles. The smallest absolute Gasteiger partial charge is 0.255 e. The van der Waals surface area contributed by atoms with Crippen molar-refractivity contribution in [3.63, 3.8) is 0 Å². The lowest BCUT2D eigenvalue weighted by Gasteiger charge is -2.11. The maximum atomic E-state index is 10.9. The number of rotatable bonds is 6. The number of primary amides is 1. The highest BCUT2D eigenvalue weighted by molar-refractivity contribution is 5.79. The van der Waals surface area contributed by atoms with E-state index in [2.05, 4.69) is 9.97 Å². The van der Waals surface area contributed by atoms with Gasteiger partial charge in [-0.25, -0.2) is 4.98 Å². The van der Waals surface area contributed by atoms with Crippen molar-refractivity contribution >= 4 is 16.9 Å². The Morgan fingerprint density at radius 3 is 2.74 bits per heavy atom. The second-order valence-electron chi connectivity index (χ2n) is 4.95. The fraction of sp³-hybridized carbons (Fsp3) is 0.176. The van der Waals surface area contributed by atoms with Crippen LogP contribution >= 0.6 is 0 Å². The predicted octanol–water partition coefficient (Wildman–Crippen LogP) is 2.49. The van der Waals surface area contributed by atoms with E-state index in [1.54, 1.807) is 6.07 Å². The van der Waals surface area contributed by atoms with Gasteiger partial charge in [-0.05, 0) is 37.3 Å². The molecular formula is C17H17N3O3. The van der Waals surface area contributed by atoms with Gasteiger partial charge in [0.1, 0.15) is 5.82 Å². The van der Waals surface area contributed by atoms with E-state index in [1.807, 2.05) is 43.3 Å². The maximum absolute atomic E-state index is 10.9. The number of hydrogen-bond donors (Lipinski definition) is 2. The summed E-state index contributed by atoms with van der Waals surface area (Å²) in [5, 5.41) is 0. The number of imidazole rings is 1. The number of aromatic amines is 1. The molecule has 0 unspecified atom stereocenters. The molecule has 0 radical (unpaired) electrons. The van der Waals surface area contributed by atoms with E-state index in [0.29, 0.717) is 18.1 Å². The third kappa shape index (κ3) is 3.26. The molecule has 0 aliphatic carbocycles. The highest BCUT2D eigenvalue weighted by Crippen LogP contribution is 2.32. The lowest BCUT2D eigenvalue weighted by Crippen LogP contribution is -2.20. The van der Waals surface area contributed by atoms with Crippen LogP contribution in [0.3, 0.4) is 0 Å². The van der Waals surface area contributed by atoms with E-state index in [9.17, 15) is 4.79 Å². The van der Waals surface area contributed by atoms with Gasteiger partial charge >= 0.3 is 0 Å². The van der Waals surface area contributed by atoms with E-state index in [0.717, 1.165) is 22.4 Å². The number of nitrogens with two attached hydrogens (primary N) is 1. The molecule has 1 heterocycles. The van der Waals surface area contributed by atoms with Crippen molar-refractivity contribution in [2.24, 2.45) is 5.73 Å².